The van der Waals surface area contributed by atoms with E-state index in [-0.39, 0.29) is 55.2 Å². The minimum absolute atomic E-state index is 0.0163. The number of imidazole rings is 1. The molecule has 10 atom stereocenters. The lowest BCUT2D eigenvalue weighted by molar-refractivity contribution is -0.422. The third-order valence-electron chi connectivity index (χ3n) is 13.8. The second-order valence-electron chi connectivity index (χ2n) is 17.3. The number of carboxylic acids is 1. The molecule has 8 rings (SSSR count). The average Bonchev–Trinajstić information content (AvgIpc) is 4.00. The van der Waals surface area contributed by atoms with Gasteiger partial charge in [-0.05, 0) is 79.1 Å². The van der Waals surface area contributed by atoms with Gasteiger partial charge in [0.2, 0.25) is 0 Å². The Balaban J connectivity index is 1.33. The summed E-state index contributed by atoms with van der Waals surface area (Å²) in [5.41, 5.74) is -0.775. The van der Waals surface area contributed by atoms with Crippen LogP contribution in [0.5, 0.6) is 23.0 Å². The van der Waals surface area contributed by atoms with Crippen LogP contribution in [0.15, 0.2) is 84.8 Å². The van der Waals surface area contributed by atoms with Gasteiger partial charge in [-0.2, -0.15) is 0 Å². The van der Waals surface area contributed by atoms with Gasteiger partial charge in [0.15, 0.2) is 23.1 Å². The van der Waals surface area contributed by atoms with E-state index in [2.05, 4.69) is 9.97 Å². The standard InChI is InChI=1S/C47H53N3O15/c51-15-5-6-26-20-46(44(61)62)40(39(26)45(14-4-3-7-28(45)22-52)31-8-1-2-9-34(31)55)30-18-35(56)36(64-47(63)43(60)42(59)41(58)37(23-53)65-47)19-32(30)50(46)38(57)13-11-25-10-12-33(54)27(16-25)17-29-21-48-24-49-29/h1-2,8-13,16,18-21,24,28,37,39-43,51-56,58-60,63H,3-7,14-15,17,22-23H2,(H,48,49)(H,61,62)/b13-11+/t28-,37+,39+,40-,41+,42-,43+,45-,46+,47-/m0/s1. The molecule has 1 amide bonds. The highest BCUT2D eigenvalue weighted by Gasteiger charge is 2.69. The number of aromatic amines is 1. The number of anilines is 1. The van der Waals surface area contributed by atoms with Crippen LogP contribution < -0.4 is 9.64 Å². The number of benzene rings is 3. The number of hydrogen-bond acceptors (Lipinski definition) is 15. The first kappa shape index (κ1) is 45.7. The molecule has 3 aromatic carbocycles. The highest BCUT2D eigenvalue weighted by Crippen LogP contribution is 2.68. The predicted molar refractivity (Wildman–Crippen MR) is 230 cm³/mol. The van der Waals surface area contributed by atoms with E-state index >= 15 is 4.79 Å². The number of hydrogen-bond donors (Lipinski definition) is 12. The molecule has 0 radical (unpaired) electrons. The SMILES string of the molecule is O=C(/C=C/c1ccc(O)c(Cc2cnc[nH]2)c1)N1c2cc(O[C@]3(O)O[C@H](CO)[C@@H](O)[C@H](O)[C@H]3O)c(O)cc2[C@H]2[C@H]([C@@]3(c4ccccc4O)CCCC[C@H]3CO)C(CCCO)=C[C@]21C(=O)O. The fraction of sp³-hybridized carbons (Fsp3) is 0.426. The molecule has 1 saturated carbocycles. The van der Waals surface area contributed by atoms with Crippen molar-refractivity contribution >= 4 is 23.6 Å². The van der Waals surface area contributed by atoms with Crippen molar-refractivity contribution in [1.29, 1.82) is 0 Å². The number of ether oxygens (including phenoxy) is 2. The van der Waals surface area contributed by atoms with E-state index in [0.29, 0.717) is 47.2 Å². The molecule has 1 aromatic heterocycles. The quantitative estimate of drug-likeness (QED) is 0.0490. The summed E-state index contributed by atoms with van der Waals surface area (Å²) >= 11 is 0. The van der Waals surface area contributed by atoms with Crippen molar-refractivity contribution in [3.05, 3.63) is 113 Å². The Morgan fingerprint density at radius 3 is 2.42 bits per heavy atom. The lowest BCUT2D eigenvalue weighted by Gasteiger charge is -2.52. The van der Waals surface area contributed by atoms with Crippen molar-refractivity contribution < 1.29 is 75.2 Å². The minimum Gasteiger partial charge on any atom is -0.508 e. The third-order valence-corrected chi connectivity index (χ3v) is 13.8. The number of aliphatic carboxylic acids is 1. The second kappa shape index (κ2) is 17.9. The lowest BCUT2D eigenvalue weighted by atomic mass is 9.51. The first-order valence-electron chi connectivity index (χ1n) is 21.5. The summed E-state index contributed by atoms with van der Waals surface area (Å²) < 4.78 is 11.0. The van der Waals surface area contributed by atoms with Gasteiger partial charge < -0.3 is 70.6 Å². The fourth-order valence-electron chi connectivity index (χ4n) is 10.9. The second-order valence-corrected chi connectivity index (χ2v) is 17.3. The van der Waals surface area contributed by atoms with Crippen LogP contribution in [-0.4, -0.2) is 134 Å². The molecule has 18 heteroatoms. The summed E-state index contributed by atoms with van der Waals surface area (Å²) in [6.45, 7) is -1.54. The number of H-pyrrole nitrogens is 1. The molecule has 0 spiro atoms. The first-order chi connectivity index (χ1) is 31.1. The Labute approximate surface area is 372 Å². The van der Waals surface area contributed by atoms with Gasteiger partial charge in [0.05, 0.1) is 18.6 Å². The Morgan fingerprint density at radius 1 is 0.938 bits per heavy atom. The number of rotatable bonds is 14. The van der Waals surface area contributed by atoms with E-state index in [0.717, 1.165) is 23.5 Å². The minimum atomic E-state index is -3.20. The first-order valence-corrected chi connectivity index (χ1v) is 21.5. The van der Waals surface area contributed by atoms with Gasteiger partial charge >= 0.3 is 11.9 Å². The van der Waals surface area contributed by atoms with Crippen molar-refractivity contribution in [2.75, 3.05) is 24.7 Å². The molecular weight excluding hydrogens is 847 g/mol. The van der Waals surface area contributed by atoms with Crippen LogP contribution in [-0.2, 0) is 26.2 Å². The molecule has 346 valence electrons. The smallest absolute Gasteiger partial charge is 0.355 e. The number of carbonyl (C=O) groups excluding carboxylic acids is 1. The zero-order chi connectivity index (χ0) is 46.4. The predicted octanol–water partition coefficient (Wildman–Crippen LogP) is 2.03. The summed E-state index contributed by atoms with van der Waals surface area (Å²) in [5.74, 6) is -9.71. The fourth-order valence-corrected chi connectivity index (χ4v) is 10.9. The number of nitrogens with one attached hydrogen (secondary N) is 1. The highest BCUT2D eigenvalue weighted by molar-refractivity contribution is 6.13. The van der Waals surface area contributed by atoms with Crippen LogP contribution in [0.2, 0.25) is 0 Å². The Bertz CT molecular complexity index is 2480. The number of phenolic OH excluding ortho intramolecular Hbond substituents is 3. The van der Waals surface area contributed by atoms with E-state index in [4.69, 9.17) is 9.47 Å². The summed E-state index contributed by atoms with van der Waals surface area (Å²) in [4.78, 5) is 37.5. The number of carbonyl (C=O) groups is 2. The normalized spacial score (nSPS) is 30.8. The van der Waals surface area contributed by atoms with Gasteiger partial charge in [-0.15, -0.1) is 0 Å². The molecule has 1 saturated heterocycles. The van der Waals surface area contributed by atoms with Crippen LogP contribution in [0.25, 0.3) is 6.08 Å². The number of amides is 1. The maximum absolute atomic E-state index is 15.1. The van der Waals surface area contributed by atoms with Crippen LogP contribution in [0.3, 0.4) is 0 Å². The maximum atomic E-state index is 15.1. The number of allylic oxidation sites excluding steroid dienone is 1. The monoisotopic (exact) mass is 899 g/mol. The molecule has 18 nitrogen and oxygen atoms in total. The van der Waals surface area contributed by atoms with E-state index in [1.54, 1.807) is 36.5 Å². The molecule has 4 aliphatic rings. The summed E-state index contributed by atoms with van der Waals surface area (Å²) in [7, 11) is 0. The molecule has 2 aliphatic carbocycles. The van der Waals surface area contributed by atoms with Crippen molar-refractivity contribution in [2.45, 2.75) is 92.2 Å². The number of nitrogens with zero attached hydrogens (tertiary/aromatic N) is 2. The Kier molecular flexibility index (Phi) is 12.6. The lowest BCUT2D eigenvalue weighted by Crippen LogP contribution is -2.67. The van der Waals surface area contributed by atoms with Crippen molar-refractivity contribution in [3.63, 3.8) is 0 Å². The van der Waals surface area contributed by atoms with E-state index in [1.165, 1.54) is 36.7 Å². The topological polar surface area (TPSA) is 307 Å². The number of aromatic nitrogens is 2. The van der Waals surface area contributed by atoms with Gasteiger partial charge in [-0.3, -0.25) is 9.69 Å². The molecule has 2 fully saturated rings. The van der Waals surface area contributed by atoms with E-state index < -0.39 is 89.1 Å². The number of aliphatic hydroxyl groups is 7. The van der Waals surface area contributed by atoms with Crippen LogP contribution in [0.1, 0.15) is 72.4 Å². The molecule has 0 unspecified atom stereocenters. The van der Waals surface area contributed by atoms with Gasteiger partial charge in [0, 0.05) is 72.0 Å². The number of aliphatic hydroxyl groups excluding tert-OH is 6. The van der Waals surface area contributed by atoms with E-state index in [9.17, 15) is 61.0 Å². The Hall–Kier alpha value is -5.83. The number of phenols is 3. The summed E-state index contributed by atoms with van der Waals surface area (Å²) in [6.07, 6.45) is 2.02. The van der Waals surface area contributed by atoms with Gasteiger partial charge in [-0.25, -0.2) is 9.78 Å². The van der Waals surface area contributed by atoms with Crippen LogP contribution in [0, 0.1) is 11.8 Å². The van der Waals surface area contributed by atoms with E-state index in [1.807, 2.05) is 0 Å². The molecule has 65 heavy (non-hydrogen) atoms. The largest absolute Gasteiger partial charge is 0.508 e. The zero-order valence-electron chi connectivity index (χ0n) is 35.1. The molecule has 0 bridgehead atoms. The van der Waals surface area contributed by atoms with Crippen LogP contribution in [0.4, 0.5) is 5.69 Å². The molecule has 4 aromatic rings. The van der Waals surface area contributed by atoms with Gasteiger partial charge in [-0.1, -0.05) is 42.7 Å². The van der Waals surface area contributed by atoms with Crippen LogP contribution >= 0.6 is 0 Å². The van der Waals surface area contributed by atoms with Gasteiger partial charge in [0.25, 0.3) is 5.91 Å². The summed E-state index contributed by atoms with van der Waals surface area (Å²) in [6, 6.07) is 13.5. The maximum Gasteiger partial charge on any atom is 0.355 e. The van der Waals surface area contributed by atoms with Crippen molar-refractivity contribution in [3.8, 4) is 23.0 Å². The number of para-hydroxylation sites is 1. The van der Waals surface area contributed by atoms with Crippen molar-refractivity contribution in [1.82, 2.24) is 9.97 Å². The number of aromatic hydroxyl groups is 3. The molecule has 12 N–H and O–H groups in total. The summed E-state index contributed by atoms with van der Waals surface area (Å²) in [5, 5.41) is 120. The highest BCUT2D eigenvalue weighted by atomic mass is 16.8. The molecular formula is C47H53N3O15. The molecule has 2 aliphatic heterocycles. The third kappa shape index (κ3) is 7.62. The van der Waals surface area contributed by atoms with Crippen molar-refractivity contribution in [2.24, 2.45) is 11.8 Å². The number of carboxylic acid groups (broad SMARTS) is 1. The zero-order valence-corrected chi connectivity index (χ0v) is 35.1. The molecule has 3 heterocycles. The Morgan fingerprint density at radius 2 is 1.72 bits per heavy atom. The van der Waals surface area contributed by atoms with Gasteiger partial charge in [0.1, 0.15) is 29.8 Å². The number of fused-ring (bicyclic) bond motifs is 3. The average molecular weight is 900 g/mol.